The van der Waals surface area contributed by atoms with Gasteiger partial charge in [-0.1, -0.05) is 18.9 Å². The van der Waals surface area contributed by atoms with Crippen molar-refractivity contribution >= 4 is 27.5 Å². The topological polar surface area (TPSA) is 86.8 Å². The Morgan fingerprint density at radius 1 is 1.17 bits per heavy atom. The fourth-order valence-electron chi connectivity index (χ4n) is 4.44. The number of amides is 2. The van der Waals surface area contributed by atoms with Gasteiger partial charge in [0.05, 0.1) is 12.3 Å². The lowest BCUT2D eigenvalue weighted by Gasteiger charge is -2.47. The summed E-state index contributed by atoms with van der Waals surface area (Å²) in [5, 5.41) is 3.07. The van der Waals surface area contributed by atoms with Crippen molar-refractivity contribution in [1.82, 2.24) is 9.62 Å². The van der Waals surface area contributed by atoms with E-state index in [9.17, 15) is 18.0 Å². The molecule has 1 atom stereocenters. The molecule has 1 N–H and O–H groups in total. The largest absolute Gasteiger partial charge is 0.351 e. The Hall–Kier alpha value is -1.93. The maximum atomic E-state index is 13.4. The Labute approximate surface area is 173 Å². The van der Waals surface area contributed by atoms with Crippen LogP contribution in [0, 0.1) is 13.8 Å². The van der Waals surface area contributed by atoms with Crippen LogP contribution in [0.15, 0.2) is 18.2 Å². The molecule has 29 heavy (non-hydrogen) atoms. The van der Waals surface area contributed by atoms with Crippen LogP contribution in [0.5, 0.6) is 0 Å². The normalized spacial score (nSPS) is 24.1. The van der Waals surface area contributed by atoms with Gasteiger partial charge >= 0.3 is 0 Å². The zero-order valence-electron chi connectivity index (χ0n) is 17.7. The summed E-state index contributed by atoms with van der Waals surface area (Å²) in [6.45, 7) is 6.79. The van der Waals surface area contributed by atoms with Gasteiger partial charge in [-0.05, 0) is 63.8 Å². The number of benzene rings is 1. The van der Waals surface area contributed by atoms with E-state index in [1.54, 1.807) is 13.8 Å². The smallest absolute Gasteiger partial charge is 0.247 e. The molecule has 1 saturated heterocycles. The van der Waals surface area contributed by atoms with Crippen molar-refractivity contribution < 1.29 is 18.0 Å². The monoisotopic (exact) mass is 421 g/mol. The van der Waals surface area contributed by atoms with Crippen LogP contribution in [0.4, 0.5) is 5.69 Å². The second-order valence-electron chi connectivity index (χ2n) is 8.47. The van der Waals surface area contributed by atoms with Crippen LogP contribution in [-0.2, 0) is 19.6 Å². The summed E-state index contributed by atoms with van der Waals surface area (Å²) in [6, 6.07) is 5.82. The number of nitrogens with zero attached hydrogens (tertiary/aromatic N) is 2. The van der Waals surface area contributed by atoms with Crippen LogP contribution in [-0.4, -0.2) is 55.0 Å². The van der Waals surface area contributed by atoms with Crippen LogP contribution in [0.3, 0.4) is 0 Å². The number of carbonyl (C=O) groups is 2. The highest BCUT2D eigenvalue weighted by Gasteiger charge is 2.51. The lowest BCUT2D eigenvalue weighted by molar-refractivity contribution is -0.133. The molecule has 2 amide bonds. The quantitative estimate of drug-likeness (QED) is 0.789. The van der Waals surface area contributed by atoms with Gasteiger partial charge in [-0.3, -0.25) is 14.5 Å². The molecule has 1 aliphatic heterocycles. The first-order valence-corrected chi connectivity index (χ1v) is 11.9. The summed E-state index contributed by atoms with van der Waals surface area (Å²) in [7, 11) is -3.60. The van der Waals surface area contributed by atoms with Crippen molar-refractivity contribution in [3.8, 4) is 0 Å². The summed E-state index contributed by atoms with van der Waals surface area (Å²) in [4.78, 5) is 28.1. The molecule has 8 heteroatoms. The number of sulfonamides is 1. The molecule has 1 aliphatic carbocycles. The van der Waals surface area contributed by atoms with Crippen molar-refractivity contribution in [1.29, 1.82) is 0 Å². The van der Waals surface area contributed by atoms with Gasteiger partial charge in [0, 0.05) is 18.3 Å². The highest BCUT2D eigenvalue weighted by Crippen LogP contribution is 2.32. The van der Waals surface area contributed by atoms with Crippen molar-refractivity contribution in [2.45, 2.75) is 65.0 Å². The number of piperazine rings is 1. The molecule has 7 nitrogen and oxygen atoms in total. The van der Waals surface area contributed by atoms with Crippen molar-refractivity contribution in [3.63, 3.8) is 0 Å². The number of aryl methyl sites for hydroxylation is 2. The summed E-state index contributed by atoms with van der Waals surface area (Å²) in [5.41, 5.74) is 1.27. The molecule has 1 saturated carbocycles. The van der Waals surface area contributed by atoms with Crippen LogP contribution in [0.1, 0.15) is 50.7 Å². The zero-order chi connectivity index (χ0) is 21.4. The molecule has 0 unspecified atom stereocenters. The standard InChI is InChI=1S/C21H31N3O4S/c1-5-29(27,28)23-13-19(25)24(18-11-15(2)10-16(3)12-18)21(4,14-23)20(26)22-17-8-6-7-9-17/h10-12,17H,5-9,13-14H2,1-4H3,(H,22,26)/t21-/m0/s1. The Morgan fingerprint density at radius 3 is 2.31 bits per heavy atom. The first-order chi connectivity index (χ1) is 13.6. The molecule has 1 heterocycles. The first kappa shape index (κ1) is 21.8. The number of rotatable bonds is 5. The summed E-state index contributed by atoms with van der Waals surface area (Å²) in [5.74, 6) is -0.792. The van der Waals surface area contributed by atoms with Gasteiger partial charge < -0.3 is 5.32 Å². The van der Waals surface area contributed by atoms with E-state index in [1.807, 2.05) is 32.0 Å². The fourth-order valence-corrected chi connectivity index (χ4v) is 5.56. The minimum absolute atomic E-state index is 0.0551. The Balaban J connectivity index is 2.03. The lowest BCUT2D eigenvalue weighted by atomic mass is 9.93. The van der Waals surface area contributed by atoms with Crippen LogP contribution in [0.2, 0.25) is 0 Å². The number of nitrogens with one attached hydrogen (secondary N) is 1. The Morgan fingerprint density at radius 2 is 1.76 bits per heavy atom. The minimum Gasteiger partial charge on any atom is -0.351 e. The SMILES string of the molecule is CCS(=O)(=O)N1CC(=O)N(c2cc(C)cc(C)c2)[C@](C)(C(=O)NC2CCCC2)C1. The van der Waals surface area contributed by atoms with Gasteiger partial charge in [-0.25, -0.2) is 8.42 Å². The molecule has 0 aromatic heterocycles. The molecule has 2 fully saturated rings. The van der Waals surface area contributed by atoms with E-state index in [0.717, 1.165) is 41.1 Å². The van der Waals surface area contributed by atoms with E-state index in [0.29, 0.717) is 5.69 Å². The van der Waals surface area contributed by atoms with E-state index < -0.39 is 15.6 Å². The van der Waals surface area contributed by atoms with E-state index in [1.165, 1.54) is 4.90 Å². The van der Waals surface area contributed by atoms with E-state index in [2.05, 4.69) is 5.32 Å². The van der Waals surface area contributed by atoms with Crippen molar-refractivity contribution in [3.05, 3.63) is 29.3 Å². The Bertz CT molecular complexity index is 888. The lowest BCUT2D eigenvalue weighted by Crippen LogP contribution is -2.70. The third kappa shape index (κ3) is 4.33. The van der Waals surface area contributed by atoms with E-state index in [-0.39, 0.29) is 36.7 Å². The maximum Gasteiger partial charge on any atom is 0.247 e. The van der Waals surface area contributed by atoms with Gasteiger partial charge in [0.1, 0.15) is 5.54 Å². The van der Waals surface area contributed by atoms with Crippen molar-refractivity contribution in [2.24, 2.45) is 0 Å². The average molecular weight is 422 g/mol. The molecular weight excluding hydrogens is 390 g/mol. The van der Waals surface area contributed by atoms with Gasteiger partial charge in [-0.2, -0.15) is 4.31 Å². The van der Waals surface area contributed by atoms with Crippen LogP contribution in [0.25, 0.3) is 0 Å². The fraction of sp³-hybridized carbons (Fsp3) is 0.619. The number of carbonyl (C=O) groups excluding carboxylic acids is 2. The van der Waals surface area contributed by atoms with Gasteiger partial charge in [0.15, 0.2) is 0 Å². The molecular formula is C21H31N3O4S. The second kappa shape index (κ2) is 8.07. The molecule has 160 valence electrons. The predicted octanol–water partition coefficient (Wildman–Crippen LogP) is 2.12. The molecule has 1 aromatic rings. The Kier molecular flexibility index (Phi) is 6.06. The predicted molar refractivity (Wildman–Crippen MR) is 113 cm³/mol. The maximum absolute atomic E-state index is 13.4. The third-order valence-electron chi connectivity index (χ3n) is 5.94. The van der Waals surface area contributed by atoms with Crippen LogP contribution < -0.4 is 10.2 Å². The number of hydrogen-bond acceptors (Lipinski definition) is 4. The highest BCUT2D eigenvalue weighted by atomic mass is 32.2. The summed E-state index contributed by atoms with van der Waals surface area (Å²) < 4.78 is 26.2. The summed E-state index contributed by atoms with van der Waals surface area (Å²) in [6.07, 6.45) is 3.96. The van der Waals surface area contributed by atoms with E-state index >= 15 is 0 Å². The van der Waals surface area contributed by atoms with Gasteiger partial charge in [-0.15, -0.1) is 0 Å². The molecule has 0 radical (unpaired) electrons. The highest BCUT2D eigenvalue weighted by molar-refractivity contribution is 7.89. The second-order valence-corrected chi connectivity index (χ2v) is 10.7. The van der Waals surface area contributed by atoms with Gasteiger partial charge in [0.25, 0.3) is 0 Å². The van der Waals surface area contributed by atoms with Gasteiger partial charge in [0.2, 0.25) is 21.8 Å². The third-order valence-corrected chi connectivity index (χ3v) is 7.72. The minimum atomic E-state index is -3.60. The zero-order valence-corrected chi connectivity index (χ0v) is 18.5. The van der Waals surface area contributed by atoms with E-state index in [4.69, 9.17) is 0 Å². The molecule has 3 rings (SSSR count). The number of hydrogen-bond donors (Lipinski definition) is 1. The summed E-state index contributed by atoms with van der Waals surface area (Å²) >= 11 is 0. The molecule has 0 bridgehead atoms. The number of anilines is 1. The first-order valence-electron chi connectivity index (χ1n) is 10.3. The molecule has 0 spiro atoms. The average Bonchev–Trinajstić information content (AvgIpc) is 3.13. The van der Waals surface area contributed by atoms with Crippen molar-refractivity contribution in [2.75, 3.05) is 23.7 Å². The molecule has 1 aromatic carbocycles. The van der Waals surface area contributed by atoms with Crippen LogP contribution >= 0.6 is 0 Å². The molecule has 2 aliphatic rings.